The molecule has 6 nitrogen and oxygen atoms in total. The largest absolute Gasteiger partial charge is 0.507 e. The van der Waals surface area contributed by atoms with Gasteiger partial charge in [-0.2, -0.15) is 0 Å². The highest BCUT2D eigenvalue weighted by Crippen LogP contribution is 2.30. The Balaban J connectivity index is 1.60. The van der Waals surface area contributed by atoms with Gasteiger partial charge in [0.05, 0.1) is 18.2 Å². The summed E-state index contributed by atoms with van der Waals surface area (Å²) in [4.78, 5) is 25.8. The summed E-state index contributed by atoms with van der Waals surface area (Å²) in [6.45, 7) is 0. The average molecular weight is 460 g/mol. The number of esters is 1. The zero-order valence-corrected chi connectivity index (χ0v) is 18.9. The summed E-state index contributed by atoms with van der Waals surface area (Å²) in [6.07, 6.45) is 0. The molecule has 0 fully saturated rings. The Hall–Kier alpha value is -4.84. The van der Waals surface area contributed by atoms with Crippen LogP contribution in [0, 0.1) is 0 Å². The smallest absolute Gasteiger partial charge is 0.337 e. The van der Waals surface area contributed by atoms with Gasteiger partial charge >= 0.3 is 5.97 Å². The molecule has 5 rings (SSSR count). The van der Waals surface area contributed by atoms with Crippen molar-refractivity contribution in [2.45, 2.75) is 0 Å². The van der Waals surface area contributed by atoms with E-state index < -0.39 is 5.97 Å². The number of benzene rings is 4. The van der Waals surface area contributed by atoms with Gasteiger partial charge in [0.15, 0.2) is 17.5 Å². The Bertz CT molecular complexity index is 1480. The summed E-state index contributed by atoms with van der Waals surface area (Å²) in [7, 11) is 1.34. The number of hydrogen-bond donors (Lipinski definition) is 1. The molecule has 6 heteroatoms. The summed E-state index contributed by atoms with van der Waals surface area (Å²) in [6, 6.07) is 31.9. The molecule has 0 bridgehead atoms. The van der Waals surface area contributed by atoms with Crippen molar-refractivity contribution in [2.24, 2.45) is 0 Å². The van der Waals surface area contributed by atoms with Crippen LogP contribution in [-0.2, 0) is 4.74 Å². The Morgan fingerprint density at radius 1 is 0.600 bits per heavy atom. The number of hydrogen-bond acceptors (Lipinski definition) is 6. The summed E-state index contributed by atoms with van der Waals surface area (Å²) < 4.78 is 4.78. The molecule has 5 aromatic rings. The SMILES string of the molecule is COC(=O)c1ccc(-c2nc(-c3ccc(-c4ccccc4)cc3)nc(-c3ccccc3O)n2)cc1. The molecule has 1 N–H and O–H groups in total. The molecule has 0 atom stereocenters. The molecular weight excluding hydrogens is 438 g/mol. The van der Waals surface area contributed by atoms with E-state index in [-0.39, 0.29) is 5.75 Å². The second kappa shape index (κ2) is 9.57. The molecule has 0 aliphatic heterocycles. The van der Waals surface area contributed by atoms with Gasteiger partial charge in [-0.25, -0.2) is 19.7 Å². The van der Waals surface area contributed by atoms with Gasteiger partial charge in [-0.05, 0) is 35.4 Å². The molecule has 0 unspecified atom stereocenters. The zero-order valence-electron chi connectivity index (χ0n) is 18.9. The van der Waals surface area contributed by atoms with Gasteiger partial charge in [0.2, 0.25) is 0 Å². The third kappa shape index (κ3) is 4.63. The molecule has 0 aliphatic rings. The van der Waals surface area contributed by atoms with Crippen molar-refractivity contribution in [1.29, 1.82) is 0 Å². The normalized spacial score (nSPS) is 10.7. The fourth-order valence-corrected chi connectivity index (χ4v) is 3.73. The van der Waals surface area contributed by atoms with E-state index in [9.17, 15) is 9.90 Å². The molecule has 170 valence electrons. The summed E-state index contributed by atoms with van der Waals surface area (Å²) in [5.74, 6) is 0.923. The Morgan fingerprint density at radius 2 is 1.09 bits per heavy atom. The lowest BCUT2D eigenvalue weighted by atomic mass is 10.0. The zero-order chi connectivity index (χ0) is 24.2. The average Bonchev–Trinajstić information content (AvgIpc) is 2.93. The van der Waals surface area contributed by atoms with Gasteiger partial charge in [0, 0.05) is 11.1 Å². The van der Waals surface area contributed by atoms with Crippen molar-refractivity contribution in [3.8, 4) is 51.0 Å². The van der Waals surface area contributed by atoms with E-state index in [2.05, 4.69) is 22.1 Å². The van der Waals surface area contributed by atoms with E-state index in [0.717, 1.165) is 16.7 Å². The lowest BCUT2D eigenvalue weighted by Gasteiger charge is -2.10. The molecule has 1 aromatic heterocycles. The van der Waals surface area contributed by atoms with Crippen LogP contribution in [0.4, 0.5) is 0 Å². The lowest BCUT2D eigenvalue weighted by Crippen LogP contribution is -2.02. The molecular formula is C29H21N3O3. The number of aromatic hydroxyl groups is 1. The Morgan fingerprint density at radius 3 is 1.69 bits per heavy atom. The van der Waals surface area contributed by atoms with Gasteiger partial charge in [-0.3, -0.25) is 0 Å². The van der Waals surface area contributed by atoms with Gasteiger partial charge in [-0.15, -0.1) is 0 Å². The first-order valence-electron chi connectivity index (χ1n) is 11.0. The predicted molar refractivity (Wildman–Crippen MR) is 135 cm³/mol. The second-order valence-electron chi connectivity index (χ2n) is 7.84. The maximum atomic E-state index is 11.8. The molecule has 0 radical (unpaired) electrons. The highest BCUT2D eigenvalue weighted by Gasteiger charge is 2.15. The number of nitrogens with zero attached hydrogens (tertiary/aromatic N) is 3. The molecule has 0 aliphatic carbocycles. The molecule has 0 amide bonds. The molecule has 35 heavy (non-hydrogen) atoms. The minimum absolute atomic E-state index is 0.0797. The quantitative estimate of drug-likeness (QED) is 0.323. The number of para-hydroxylation sites is 1. The van der Waals surface area contributed by atoms with E-state index in [1.807, 2.05) is 48.5 Å². The Labute approximate surface area is 202 Å². The maximum absolute atomic E-state index is 11.8. The number of carbonyl (C=O) groups is 1. The van der Waals surface area contributed by atoms with Gasteiger partial charge in [0.1, 0.15) is 5.75 Å². The van der Waals surface area contributed by atoms with Gasteiger partial charge < -0.3 is 9.84 Å². The number of phenols is 1. The van der Waals surface area contributed by atoms with Crippen molar-refractivity contribution < 1.29 is 14.6 Å². The lowest BCUT2D eigenvalue weighted by molar-refractivity contribution is 0.0600. The van der Waals surface area contributed by atoms with Crippen molar-refractivity contribution in [2.75, 3.05) is 7.11 Å². The minimum Gasteiger partial charge on any atom is -0.507 e. The molecule has 0 saturated heterocycles. The molecule has 0 spiro atoms. The summed E-state index contributed by atoms with van der Waals surface area (Å²) >= 11 is 0. The number of aromatic nitrogens is 3. The molecule has 1 heterocycles. The van der Waals surface area contributed by atoms with E-state index in [4.69, 9.17) is 9.72 Å². The Kier molecular flexibility index (Phi) is 6.01. The highest BCUT2D eigenvalue weighted by atomic mass is 16.5. The topological polar surface area (TPSA) is 85.2 Å². The third-order valence-electron chi connectivity index (χ3n) is 5.59. The van der Waals surface area contributed by atoms with Gasteiger partial charge in [0.25, 0.3) is 0 Å². The van der Waals surface area contributed by atoms with Crippen LogP contribution in [0.3, 0.4) is 0 Å². The molecule has 4 aromatic carbocycles. The van der Waals surface area contributed by atoms with E-state index >= 15 is 0 Å². The second-order valence-corrected chi connectivity index (χ2v) is 7.84. The van der Waals surface area contributed by atoms with Crippen molar-refractivity contribution in [3.05, 3.63) is 109 Å². The summed E-state index contributed by atoms with van der Waals surface area (Å²) in [5.41, 5.74) is 4.67. The number of carbonyl (C=O) groups excluding carboxylic acids is 1. The predicted octanol–water partition coefficient (Wildman–Crippen LogP) is 6.03. The number of methoxy groups -OCH3 is 1. The van der Waals surface area contributed by atoms with Crippen LogP contribution in [0.15, 0.2) is 103 Å². The third-order valence-corrected chi connectivity index (χ3v) is 5.59. The van der Waals surface area contributed by atoms with Crippen LogP contribution in [0.25, 0.3) is 45.3 Å². The first kappa shape index (κ1) is 22.0. The monoisotopic (exact) mass is 459 g/mol. The van der Waals surface area contributed by atoms with Crippen LogP contribution in [0.5, 0.6) is 5.75 Å². The first-order valence-corrected chi connectivity index (χ1v) is 11.0. The van der Waals surface area contributed by atoms with E-state index in [1.165, 1.54) is 7.11 Å². The van der Waals surface area contributed by atoms with Gasteiger partial charge in [-0.1, -0.05) is 78.9 Å². The molecule has 0 saturated carbocycles. The van der Waals surface area contributed by atoms with Crippen molar-refractivity contribution in [1.82, 2.24) is 15.0 Å². The van der Waals surface area contributed by atoms with Crippen molar-refractivity contribution in [3.63, 3.8) is 0 Å². The van der Waals surface area contributed by atoms with Crippen LogP contribution in [0.2, 0.25) is 0 Å². The standard InChI is InChI=1S/C29H21N3O3/c1-35-29(34)23-17-15-22(16-18-23)27-30-26(31-28(32-27)24-9-5-6-10-25(24)33)21-13-11-20(12-14-21)19-7-3-2-4-8-19/h2-18,33H,1H3. The fourth-order valence-electron chi connectivity index (χ4n) is 3.73. The number of rotatable bonds is 5. The van der Waals surface area contributed by atoms with Crippen LogP contribution < -0.4 is 0 Å². The van der Waals surface area contributed by atoms with Crippen LogP contribution >= 0.6 is 0 Å². The first-order chi connectivity index (χ1) is 17.1. The van der Waals surface area contributed by atoms with Crippen LogP contribution in [-0.4, -0.2) is 33.1 Å². The van der Waals surface area contributed by atoms with E-state index in [1.54, 1.807) is 42.5 Å². The minimum atomic E-state index is -0.415. The highest BCUT2D eigenvalue weighted by molar-refractivity contribution is 5.89. The van der Waals surface area contributed by atoms with E-state index in [0.29, 0.717) is 34.2 Å². The number of phenolic OH excluding ortho intramolecular Hbond substituents is 1. The van der Waals surface area contributed by atoms with Crippen molar-refractivity contribution >= 4 is 5.97 Å². The van der Waals surface area contributed by atoms with Crippen LogP contribution in [0.1, 0.15) is 10.4 Å². The fraction of sp³-hybridized carbons (Fsp3) is 0.0345. The number of ether oxygens (including phenoxy) is 1. The summed E-state index contributed by atoms with van der Waals surface area (Å²) in [5, 5.41) is 10.4. The maximum Gasteiger partial charge on any atom is 0.337 e.